The van der Waals surface area contributed by atoms with E-state index in [4.69, 9.17) is 12.2 Å². The van der Waals surface area contributed by atoms with Gasteiger partial charge in [-0.3, -0.25) is 4.90 Å². The highest BCUT2D eigenvalue weighted by atomic mass is 32.1. The predicted molar refractivity (Wildman–Crippen MR) is 145 cm³/mol. The van der Waals surface area contributed by atoms with E-state index in [1.54, 1.807) is 0 Å². The monoisotopic (exact) mass is 461 g/mol. The zero-order chi connectivity index (χ0) is 23.5. The number of thiocarbonyl (C=S) groups is 1. The molecular formula is C27H35N5S. The molecule has 0 aromatic heterocycles. The van der Waals surface area contributed by atoms with Gasteiger partial charge >= 0.3 is 0 Å². The van der Waals surface area contributed by atoms with E-state index in [2.05, 4.69) is 115 Å². The van der Waals surface area contributed by atoms with Crippen LogP contribution in [0.25, 0.3) is 6.08 Å². The van der Waals surface area contributed by atoms with Gasteiger partial charge in [-0.15, -0.1) is 0 Å². The fourth-order valence-corrected chi connectivity index (χ4v) is 4.80. The van der Waals surface area contributed by atoms with Gasteiger partial charge in [0.2, 0.25) is 0 Å². The molecule has 4 rings (SSSR count). The van der Waals surface area contributed by atoms with Crippen LogP contribution in [0.2, 0.25) is 0 Å². The maximum atomic E-state index is 5.65. The zero-order valence-electron chi connectivity index (χ0n) is 20.4. The summed E-state index contributed by atoms with van der Waals surface area (Å²) >= 11 is 5.65. The Balaban J connectivity index is 1.74. The van der Waals surface area contributed by atoms with Crippen LogP contribution in [-0.4, -0.2) is 57.8 Å². The summed E-state index contributed by atoms with van der Waals surface area (Å²) in [7, 11) is 8.28. The van der Waals surface area contributed by atoms with E-state index in [9.17, 15) is 0 Å². The van der Waals surface area contributed by atoms with Gasteiger partial charge in [0.15, 0.2) is 5.11 Å². The maximum Gasteiger partial charge on any atom is 0.171 e. The summed E-state index contributed by atoms with van der Waals surface area (Å²) in [6.07, 6.45) is 3.44. The fourth-order valence-electron chi connectivity index (χ4n) is 4.58. The van der Waals surface area contributed by atoms with Crippen molar-refractivity contribution in [3.8, 4) is 0 Å². The molecule has 2 aromatic carbocycles. The van der Waals surface area contributed by atoms with Crippen molar-refractivity contribution in [1.82, 2.24) is 15.5 Å². The van der Waals surface area contributed by atoms with Gasteiger partial charge in [0.1, 0.15) is 0 Å². The molecule has 2 heterocycles. The molecule has 2 aliphatic heterocycles. The molecule has 0 spiro atoms. The van der Waals surface area contributed by atoms with E-state index in [1.165, 1.54) is 39.3 Å². The van der Waals surface area contributed by atoms with Crippen LogP contribution in [0.3, 0.4) is 0 Å². The minimum Gasteiger partial charge on any atom is -0.378 e. The molecule has 1 unspecified atom stereocenters. The second-order valence-electron chi connectivity index (χ2n) is 9.28. The van der Waals surface area contributed by atoms with Crippen molar-refractivity contribution in [2.75, 3.05) is 57.6 Å². The van der Waals surface area contributed by atoms with Crippen LogP contribution in [0, 0.1) is 0 Å². The molecule has 5 nitrogen and oxygen atoms in total. The molecule has 0 aliphatic carbocycles. The third-order valence-corrected chi connectivity index (χ3v) is 6.55. The number of anilines is 2. The highest BCUT2D eigenvalue weighted by Crippen LogP contribution is 2.35. The van der Waals surface area contributed by atoms with Crippen molar-refractivity contribution >= 4 is 34.8 Å². The summed E-state index contributed by atoms with van der Waals surface area (Å²) in [5.74, 6) is 0. The highest BCUT2D eigenvalue weighted by molar-refractivity contribution is 7.80. The Morgan fingerprint density at radius 3 is 2.12 bits per heavy atom. The van der Waals surface area contributed by atoms with Crippen molar-refractivity contribution in [1.29, 1.82) is 0 Å². The number of nitrogens with zero attached hydrogens (tertiary/aromatic N) is 3. The highest BCUT2D eigenvalue weighted by Gasteiger charge is 2.33. The normalized spacial score (nSPS) is 19.7. The Labute approximate surface area is 203 Å². The summed E-state index contributed by atoms with van der Waals surface area (Å²) in [5, 5.41) is 7.72. The molecule has 0 saturated heterocycles. The van der Waals surface area contributed by atoms with Crippen molar-refractivity contribution in [3.63, 3.8) is 0 Å². The van der Waals surface area contributed by atoms with Crippen LogP contribution < -0.4 is 20.4 Å². The average molecular weight is 462 g/mol. The van der Waals surface area contributed by atoms with Crippen LogP contribution in [0.15, 0.2) is 65.4 Å². The molecule has 0 amide bonds. The van der Waals surface area contributed by atoms with Gasteiger partial charge < -0.3 is 20.4 Å². The molecule has 0 radical (unpaired) electrons. The summed E-state index contributed by atoms with van der Waals surface area (Å²) in [5.41, 5.74) is 8.68. The number of hydrogen-bond acceptors (Lipinski definition) is 4. The molecule has 0 fully saturated rings. The lowest BCUT2D eigenvalue weighted by Gasteiger charge is -2.40. The first-order chi connectivity index (χ1) is 15.9. The van der Waals surface area contributed by atoms with Crippen LogP contribution in [0.5, 0.6) is 0 Å². The maximum absolute atomic E-state index is 5.65. The summed E-state index contributed by atoms with van der Waals surface area (Å²) < 4.78 is 0. The van der Waals surface area contributed by atoms with E-state index >= 15 is 0 Å². The summed E-state index contributed by atoms with van der Waals surface area (Å²) in [6, 6.07) is 17.6. The fraction of sp³-hybridized carbons (Fsp3) is 0.370. The smallest absolute Gasteiger partial charge is 0.171 e. The molecule has 174 valence electrons. The zero-order valence-corrected chi connectivity index (χ0v) is 21.2. The topological polar surface area (TPSA) is 33.8 Å². The van der Waals surface area contributed by atoms with Gasteiger partial charge in [0, 0.05) is 58.4 Å². The van der Waals surface area contributed by atoms with Crippen molar-refractivity contribution in [2.24, 2.45) is 0 Å². The minimum atomic E-state index is 0.0733. The van der Waals surface area contributed by atoms with E-state index in [0.717, 1.165) is 26.1 Å². The first-order valence-electron chi connectivity index (χ1n) is 11.6. The third-order valence-electron chi connectivity index (χ3n) is 6.33. The Bertz CT molecular complexity index is 1050. The van der Waals surface area contributed by atoms with E-state index in [0.29, 0.717) is 5.11 Å². The van der Waals surface area contributed by atoms with Gasteiger partial charge in [-0.1, -0.05) is 31.2 Å². The Kier molecular flexibility index (Phi) is 7.05. The molecular weight excluding hydrogens is 426 g/mol. The first kappa shape index (κ1) is 23.3. The molecule has 6 heteroatoms. The second kappa shape index (κ2) is 9.98. The van der Waals surface area contributed by atoms with Gasteiger partial charge in [-0.2, -0.15) is 0 Å². The number of hydrogen-bond donors (Lipinski definition) is 2. The number of rotatable bonds is 6. The lowest BCUT2D eigenvalue weighted by Crippen LogP contribution is -2.50. The lowest BCUT2D eigenvalue weighted by molar-refractivity contribution is 0.301. The van der Waals surface area contributed by atoms with Crippen LogP contribution in [0.1, 0.15) is 30.5 Å². The van der Waals surface area contributed by atoms with E-state index in [-0.39, 0.29) is 6.04 Å². The molecule has 0 bridgehead atoms. The quantitative estimate of drug-likeness (QED) is 0.621. The van der Waals surface area contributed by atoms with Crippen LogP contribution in [-0.2, 0) is 0 Å². The average Bonchev–Trinajstić information content (AvgIpc) is 2.80. The van der Waals surface area contributed by atoms with E-state index in [1.807, 2.05) is 0 Å². The Morgan fingerprint density at radius 1 is 0.939 bits per heavy atom. The van der Waals surface area contributed by atoms with Crippen LogP contribution in [0.4, 0.5) is 11.4 Å². The lowest BCUT2D eigenvalue weighted by atomic mass is 9.88. The van der Waals surface area contributed by atoms with Crippen molar-refractivity contribution in [3.05, 3.63) is 76.5 Å². The Morgan fingerprint density at radius 2 is 1.55 bits per heavy atom. The largest absolute Gasteiger partial charge is 0.378 e. The van der Waals surface area contributed by atoms with Gasteiger partial charge in [0.25, 0.3) is 0 Å². The molecule has 0 saturated carbocycles. The first-order valence-corrected chi connectivity index (χ1v) is 12.0. The van der Waals surface area contributed by atoms with E-state index < -0.39 is 0 Å². The minimum absolute atomic E-state index is 0.0733. The molecule has 1 atom stereocenters. The van der Waals surface area contributed by atoms with Crippen molar-refractivity contribution < 1.29 is 0 Å². The second-order valence-corrected chi connectivity index (χ2v) is 9.69. The Hall–Kier alpha value is -2.83. The standard InChI is InChI=1S/C27H35N5S/c1-6-15-32-17-21(16-19-7-11-22(12-8-19)30(2)3)26-24(18-32)25(28-27(33)29-26)20-9-13-23(14-10-20)31(4)5/h7-14,16,25H,6,15,17-18H2,1-5H3,(H2,28,29,33)/b21-16+. The summed E-state index contributed by atoms with van der Waals surface area (Å²) in [4.78, 5) is 6.79. The third kappa shape index (κ3) is 5.23. The van der Waals surface area contributed by atoms with Gasteiger partial charge in [0.05, 0.1) is 6.04 Å². The van der Waals surface area contributed by atoms with Gasteiger partial charge in [-0.25, -0.2) is 0 Å². The molecule has 2 aromatic rings. The SMILES string of the molecule is CCCN1CC2=C(NC(=S)NC2c2ccc(N(C)C)cc2)/C(=C/c2ccc(N(C)C)cc2)C1. The molecule has 33 heavy (non-hydrogen) atoms. The van der Waals surface area contributed by atoms with Crippen molar-refractivity contribution in [2.45, 2.75) is 19.4 Å². The summed E-state index contributed by atoms with van der Waals surface area (Å²) in [6.45, 7) is 5.18. The van der Waals surface area contributed by atoms with Crippen LogP contribution >= 0.6 is 12.2 Å². The number of benzene rings is 2. The number of nitrogens with one attached hydrogen (secondary N) is 2. The molecule has 2 N–H and O–H groups in total. The van der Waals surface area contributed by atoms with Gasteiger partial charge in [-0.05, 0) is 77.8 Å². The molecule has 2 aliphatic rings. The predicted octanol–water partition coefficient (Wildman–Crippen LogP) is 4.40.